The second-order valence-corrected chi connectivity index (χ2v) is 9.07. The van der Waals surface area contributed by atoms with Gasteiger partial charge in [0.25, 0.3) is 26.0 Å². The molecule has 0 saturated carbocycles. The highest BCUT2D eigenvalue weighted by Gasteiger charge is 2.34. The van der Waals surface area contributed by atoms with Gasteiger partial charge >= 0.3 is 0 Å². The monoisotopic (exact) mass is 423 g/mol. The number of nitrogens with one attached hydrogen (secondary N) is 1. The number of carbonyl (C=O) groups is 1. The van der Waals surface area contributed by atoms with Gasteiger partial charge in [0.1, 0.15) is 10.6 Å². The molecular weight excluding hydrogens is 406 g/mol. The molecule has 9 nitrogen and oxygen atoms in total. The van der Waals surface area contributed by atoms with Crippen LogP contribution in [-0.4, -0.2) is 40.1 Å². The molecule has 0 unspecified atom stereocenters. The van der Waals surface area contributed by atoms with Crippen LogP contribution < -0.4 is 10.2 Å². The average molecular weight is 423 g/mol. The number of amides is 1. The number of fused-ring (bicyclic) bond motifs is 1. The van der Waals surface area contributed by atoms with Crippen molar-refractivity contribution in [3.05, 3.63) is 54.1 Å². The van der Waals surface area contributed by atoms with Crippen LogP contribution in [0.4, 0.5) is 0 Å². The Morgan fingerprint density at radius 1 is 1.14 bits per heavy atom. The van der Waals surface area contributed by atoms with Crippen molar-refractivity contribution in [3.63, 3.8) is 0 Å². The zero-order valence-corrected chi connectivity index (χ0v) is 16.6. The molecule has 1 aliphatic rings. The highest BCUT2D eigenvalue weighted by molar-refractivity contribution is 7.91. The summed E-state index contributed by atoms with van der Waals surface area (Å²) in [6.45, 7) is 1.49. The Bertz CT molecular complexity index is 1160. The average Bonchev–Trinajstić information content (AvgIpc) is 2.96. The number of methoxy groups -OCH3 is 1. The van der Waals surface area contributed by atoms with E-state index in [9.17, 15) is 21.6 Å². The summed E-state index contributed by atoms with van der Waals surface area (Å²) in [6.07, 6.45) is -0.135. The quantitative estimate of drug-likeness (QED) is 0.735. The summed E-state index contributed by atoms with van der Waals surface area (Å²) in [4.78, 5) is 12.1. The normalized spacial score (nSPS) is 14.7. The maximum atomic E-state index is 13.0. The summed E-state index contributed by atoms with van der Waals surface area (Å²) in [6, 6.07) is 11.4. The molecule has 0 spiro atoms. The molecule has 1 amide bonds. The first kappa shape index (κ1) is 19.8. The van der Waals surface area contributed by atoms with Crippen LogP contribution in [0, 0.1) is 0 Å². The third-order valence-corrected chi connectivity index (χ3v) is 6.94. The maximum absolute atomic E-state index is 13.0. The van der Waals surface area contributed by atoms with Gasteiger partial charge in [0, 0.05) is 12.0 Å². The number of carbonyl (C=O) groups excluding carboxylic acids is 1. The van der Waals surface area contributed by atoms with E-state index >= 15 is 0 Å². The molecule has 0 aliphatic carbocycles. The zero-order chi connectivity index (χ0) is 20.5. The Kier molecular flexibility index (Phi) is 5.13. The second kappa shape index (κ2) is 7.24. The number of hydrazine groups is 1. The Morgan fingerprint density at radius 2 is 1.79 bits per heavy atom. The molecule has 0 fully saturated rings. The molecule has 0 saturated heterocycles. The van der Waals surface area contributed by atoms with Crippen LogP contribution in [-0.2, 0) is 24.8 Å². The van der Waals surface area contributed by atoms with Gasteiger partial charge in [-0.1, -0.05) is 19.1 Å². The highest BCUT2D eigenvalue weighted by Crippen LogP contribution is 2.26. The standard InChI is InChI=1S/C17H17N3O6S2/c1-3-16(21)20(28(24,25)13-10-8-12(26-2)9-11-13)18-17-14-6-4-5-7-15(14)27(22,23)19-17/h4-11H,3H2,1-2H3,(H,18,19). The van der Waals surface area contributed by atoms with E-state index in [1.165, 1.54) is 56.5 Å². The fraction of sp³-hybridized carbons (Fsp3) is 0.176. The number of sulfonamides is 2. The van der Waals surface area contributed by atoms with E-state index in [0.717, 1.165) is 0 Å². The van der Waals surface area contributed by atoms with Gasteiger partial charge < -0.3 is 4.74 Å². The van der Waals surface area contributed by atoms with Crippen LogP contribution in [0.3, 0.4) is 0 Å². The third-order valence-electron chi connectivity index (χ3n) is 3.97. The summed E-state index contributed by atoms with van der Waals surface area (Å²) >= 11 is 0. The molecule has 28 heavy (non-hydrogen) atoms. The van der Waals surface area contributed by atoms with Crippen LogP contribution in [0.1, 0.15) is 18.9 Å². The lowest BCUT2D eigenvalue weighted by atomic mass is 10.2. The maximum Gasteiger partial charge on any atom is 0.285 e. The van der Waals surface area contributed by atoms with Crippen LogP contribution >= 0.6 is 0 Å². The lowest BCUT2D eigenvalue weighted by molar-refractivity contribution is -0.127. The second-order valence-electron chi connectivity index (χ2n) is 5.72. The zero-order valence-electron chi connectivity index (χ0n) is 15.0. The largest absolute Gasteiger partial charge is 0.497 e. The number of ether oxygens (including phenoxy) is 1. The van der Waals surface area contributed by atoms with Crippen molar-refractivity contribution in [2.24, 2.45) is 4.40 Å². The van der Waals surface area contributed by atoms with Crippen molar-refractivity contribution < 1.29 is 26.4 Å². The molecule has 0 radical (unpaired) electrons. The Labute approximate surface area is 162 Å². The minimum absolute atomic E-state index is 0.0664. The summed E-state index contributed by atoms with van der Waals surface area (Å²) in [5.74, 6) is -0.574. The van der Waals surface area contributed by atoms with Crippen LogP contribution in [0.2, 0.25) is 0 Å². The van der Waals surface area contributed by atoms with E-state index in [1.54, 1.807) is 6.07 Å². The van der Waals surface area contributed by atoms with Gasteiger partial charge in [-0.25, -0.2) is 0 Å². The van der Waals surface area contributed by atoms with Crippen LogP contribution in [0.5, 0.6) is 5.75 Å². The van der Waals surface area contributed by atoms with Crippen molar-refractivity contribution in [1.29, 1.82) is 0 Å². The summed E-state index contributed by atoms with van der Waals surface area (Å²) in [5.41, 5.74) is 2.56. The van der Waals surface area contributed by atoms with Gasteiger partial charge in [-0.15, -0.1) is 8.81 Å². The van der Waals surface area contributed by atoms with Gasteiger partial charge in [-0.2, -0.15) is 16.8 Å². The predicted octanol–water partition coefficient (Wildman–Crippen LogP) is 1.28. The van der Waals surface area contributed by atoms with E-state index < -0.39 is 26.0 Å². The fourth-order valence-corrected chi connectivity index (χ4v) is 5.00. The molecule has 1 N–H and O–H groups in total. The Hall–Kier alpha value is -2.92. The first-order valence-corrected chi connectivity index (χ1v) is 11.0. The number of benzene rings is 2. The molecule has 11 heteroatoms. The van der Waals surface area contributed by atoms with Crippen LogP contribution in [0.15, 0.2) is 62.7 Å². The minimum Gasteiger partial charge on any atom is -0.497 e. The van der Waals surface area contributed by atoms with Crippen molar-refractivity contribution in [2.75, 3.05) is 7.11 Å². The molecule has 1 aliphatic heterocycles. The smallest absolute Gasteiger partial charge is 0.285 e. The fourth-order valence-electron chi connectivity index (χ4n) is 2.54. The molecule has 2 aromatic rings. The minimum atomic E-state index is -4.32. The van der Waals surface area contributed by atoms with Gasteiger partial charge in [0.2, 0.25) is 0 Å². The summed E-state index contributed by atoms with van der Waals surface area (Å²) < 4.78 is 59.3. The molecule has 0 atom stereocenters. The topological polar surface area (TPSA) is 122 Å². The molecular formula is C17H17N3O6S2. The SMILES string of the molecule is CCC(=O)N(NC1=NS(=O)(=O)c2ccccc21)S(=O)(=O)c1ccc(OC)cc1. The Morgan fingerprint density at radius 3 is 2.39 bits per heavy atom. The lowest BCUT2D eigenvalue weighted by Crippen LogP contribution is -2.49. The third kappa shape index (κ3) is 3.45. The predicted molar refractivity (Wildman–Crippen MR) is 101 cm³/mol. The first-order valence-electron chi connectivity index (χ1n) is 8.14. The van der Waals surface area contributed by atoms with Gasteiger partial charge in [0.05, 0.1) is 12.0 Å². The number of amidine groups is 1. The van der Waals surface area contributed by atoms with E-state index in [4.69, 9.17) is 4.74 Å². The summed E-state index contributed by atoms with van der Waals surface area (Å²) in [7, 11) is -6.86. The van der Waals surface area contributed by atoms with E-state index in [0.29, 0.717) is 10.2 Å². The van der Waals surface area contributed by atoms with Crippen molar-refractivity contribution in [3.8, 4) is 5.75 Å². The first-order chi connectivity index (χ1) is 13.2. The Balaban J connectivity index is 2.03. The van der Waals surface area contributed by atoms with Crippen molar-refractivity contribution in [2.45, 2.75) is 23.1 Å². The van der Waals surface area contributed by atoms with Gasteiger partial charge in [-0.05, 0) is 36.4 Å². The molecule has 2 aromatic carbocycles. The highest BCUT2D eigenvalue weighted by atomic mass is 32.2. The van der Waals surface area contributed by atoms with Crippen molar-refractivity contribution >= 4 is 31.8 Å². The van der Waals surface area contributed by atoms with Gasteiger partial charge in [0.15, 0.2) is 5.84 Å². The molecule has 0 aromatic heterocycles. The van der Waals surface area contributed by atoms with Crippen molar-refractivity contribution in [1.82, 2.24) is 9.84 Å². The van der Waals surface area contributed by atoms with E-state index in [2.05, 4.69) is 9.82 Å². The van der Waals surface area contributed by atoms with Crippen LogP contribution in [0.25, 0.3) is 0 Å². The molecule has 148 valence electrons. The summed E-state index contributed by atoms with van der Waals surface area (Å²) in [5, 5.41) is 0. The lowest BCUT2D eigenvalue weighted by Gasteiger charge is -2.23. The van der Waals surface area contributed by atoms with E-state index in [1.807, 2.05) is 0 Å². The van der Waals surface area contributed by atoms with Gasteiger partial charge in [-0.3, -0.25) is 10.2 Å². The number of hydrogen-bond acceptors (Lipinski definition) is 7. The molecule has 0 bridgehead atoms. The molecule has 3 rings (SSSR count). The number of rotatable bonds is 4. The van der Waals surface area contributed by atoms with E-state index in [-0.39, 0.29) is 27.6 Å². The number of hydrogen-bond donors (Lipinski definition) is 1. The molecule has 1 heterocycles. The number of nitrogens with zero attached hydrogens (tertiary/aromatic N) is 2.